The molecule has 0 fully saturated rings. The van der Waals surface area contributed by atoms with Gasteiger partial charge in [-0.25, -0.2) is 8.42 Å². The van der Waals surface area contributed by atoms with Gasteiger partial charge in [0.2, 0.25) is 0 Å². The van der Waals surface area contributed by atoms with E-state index in [0.29, 0.717) is 23.7 Å². The number of rotatable bonds is 8. The maximum Gasteiger partial charge on any atom is 0.292 e. The molecule has 0 unspecified atom stereocenters. The molecule has 0 aliphatic rings. The number of benzene rings is 1. The summed E-state index contributed by atoms with van der Waals surface area (Å²) in [6.45, 7) is 2.49. The molecule has 1 aromatic carbocycles. The van der Waals surface area contributed by atoms with Crippen LogP contribution in [-0.2, 0) is 15.6 Å². The van der Waals surface area contributed by atoms with E-state index >= 15 is 0 Å². The lowest BCUT2D eigenvalue weighted by atomic mass is 10.2. The summed E-state index contributed by atoms with van der Waals surface area (Å²) in [5.41, 5.74) is 1.37. The van der Waals surface area contributed by atoms with Crippen LogP contribution in [0.15, 0.2) is 18.2 Å². The van der Waals surface area contributed by atoms with Gasteiger partial charge < -0.3 is 5.32 Å². The van der Waals surface area contributed by atoms with Crippen molar-refractivity contribution in [1.82, 2.24) is 0 Å². The zero-order valence-corrected chi connectivity index (χ0v) is 13.1. The normalized spacial score (nSPS) is 11.3. The Morgan fingerprint density at radius 2 is 2.10 bits per heavy atom. The summed E-state index contributed by atoms with van der Waals surface area (Å²) in [6, 6.07) is 5.04. The summed E-state index contributed by atoms with van der Waals surface area (Å²) in [5, 5.41) is 13.9. The number of nitro benzene ring substituents is 1. The quantitative estimate of drug-likeness (QED) is 0.449. The molecule has 1 aromatic rings. The fourth-order valence-electron chi connectivity index (χ4n) is 1.56. The van der Waals surface area contributed by atoms with Crippen LogP contribution in [0.4, 0.5) is 11.4 Å². The van der Waals surface area contributed by atoms with E-state index in [0.717, 1.165) is 5.56 Å². The van der Waals surface area contributed by atoms with E-state index in [-0.39, 0.29) is 11.4 Å². The van der Waals surface area contributed by atoms with E-state index in [1.807, 2.05) is 13.0 Å². The Kier molecular flexibility index (Phi) is 6.28. The van der Waals surface area contributed by atoms with E-state index in [4.69, 9.17) is 0 Å². The molecule has 6 nitrogen and oxygen atoms in total. The molecule has 8 heteroatoms. The molecular weight excluding hydrogens is 300 g/mol. The number of hydrogen-bond acceptors (Lipinski definition) is 6. The number of nitrogens with zero attached hydrogens (tertiary/aromatic N) is 1. The van der Waals surface area contributed by atoms with Crippen molar-refractivity contribution in [3.63, 3.8) is 0 Å². The van der Waals surface area contributed by atoms with Crippen LogP contribution < -0.4 is 5.32 Å². The van der Waals surface area contributed by atoms with Gasteiger partial charge in [-0.1, -0.05) is 6.07 Å². The van der Waals surface area contributed by atoms with Crippen LogP contribution in [-0.4, -0.2) is 37.6 Å². The van der Waals surface area contributed by atoms with Crippen LogP contribution in [0.2, 0.25) is 0 Å². The predicted molar refractivity (Wildman–Crippen MR) is 83.1 cm³/mol. The molecule has 0 heterocycles. The molecule has 1 rings (SSSR count). The van der Waals surface area contributed by atoms with Gasteiger partial charge in [-0.3, -0.25) is 10.1 Å². The minimum Gasteiger partial charge on any atom is -0.380 e. The van der Waals surface area contributed by atoms with Gasteiger partial charge in [0.05, 0.1) is 10.7 Å². The fraction of sp³-hybridized carbons (Fsp3) is 0.500. The summed E-state index contributed by atoms with van der Waals surface area (Å²) in [7, 11) is -2.95. The zero-order valence-electron chi connectivity index (χ0n) is 11.5. The SMILES string of the molecule is CCNc1ccc(CSCCS(C)(=O)=O)cc1[N+](=O)[O-]. The van der Waals surface area contributed by atoms with Crippen LogP contribution in [0.25, 0.3) is 0 Å². The highest BCUT2D eigenvalue weighted by atomic mass is 32.2. The van der Waals surface area contributed by atoms with Crippen LogP contribution in [0.1, 0.15) is 12.5 Å². The van der Waals surface area contributed by atoms with Gasteiger partial charge in [0.15, 0.2) is 0 Å². The lowest BCUT2D eigenvalue weighted by Crippen LogP contribution is -2.05. The zero-order chi connectivity index (χ0) is 15.2. The van der Waals surface area contributed by atoms with Gasteiger partial charge in [0.1, 0.15) is 15.5 Å². The monoisotopic (exact) mass is 318 g/mol. The Morgan fingerprint density at radius 3 is 2.65 bits per heavy atom. The lowest BCUT2D eigenvalue weighted by molar-refractivity contribution is -0.384. The average Bonchev–Trinajstić information content (AvgIpc) is 2.35. The third-order valence-electron chi connectivity index (χ3n) is 2.49. The highest BCUT2D eigenvalue weighted by Crippen LogP contribution is 2.27. The van der Waals surface area contributed by atoms with Crippen LogP contribution in [0.5, 0.6) is 0 Å². The summed E-state index contributed by atoms with van der Waals surface area (Å²) >= 11 is 1.45. The Balaban J connectivity index is 2.68. The second kappa shape index (κ2) is 7.49. The highest BCUT2D eigenvalue weighted by Gasteiger charge is 2.14. The summed E-state index contributed by atoms with van der Waals surface area (Å²) < 4.78 is 22.0. The van der Waals surface area contributed by atoms with Gasteiger partial charge in [-0.2, -0.15) is 11.8 Å². The second-order valence-electron chi connectivity index (χ2n) is 4.32. The molecule has 0 saturated heterocycles. The smallest absolute Gasteiger partial charge is 0.292 e. The van der Waals surface area contributed by atoms with Crippen molar-refractivity contribution in [2.24, 2.45) is 0 Å². The second-order valence-corrected chi connectivity index (χ2v) is 7.69. The first-order chi connectivity index (χ1) is 9.33. The first-order valence-electron chi connectivity index (χ1n) is 6.10. The van der Waals surface area contributed by atoms with Crippen LogP contribution in [0, 0.1) is 10.1 Å². The summed E-state index contributed by atoms with van der Waals surface area (Å²) in [5.74, 6) is 1.17. The maximum atomic E-state index is 11.0. The third kappa shape index (κ3) is 5.79. The molecule has 0 bridgehead atoms. The highest BCUT2D eigenvalue weighted by molar-refractivity contribution is 7.99. The lowest BCUT2D eigenvalue weighted by Gasteiger charge is -2.07. The predicted octanol–water partition coefficient (Wildman–Crippen LogP) is 2.30. The van der Waals surface area contributed by atoms with E-state index in [1.54, 1.807) is 6.07 Å². The molecule has 0 radical (unpaired) electrons. The molecular formula is C12H18N2O4S2. The Hall–Kier alpha value is -1.28. The minimum absolute atomic E-state index is 0.0491. The molecule has 1 N–H and O–H groups in total. The number of sulfone groups is 1. The van der Waals surface area contributed by atoms with E-state index in [9.17, 15) is 18.5 Å². The first-order valence-corrected chi connectivity index (χ1v) is 9.31. The van der Waals surface area contributed by atoms with Gasteiger partial charge in [-0.05, 0) is 18.6 Å². The van der Waals surface area contributed by atoms with Crippen LogP contribution in [0.3, 0.4) is 0 Å². The van der Waals surface area contributed by atoms with Crippen molar-refractivity contribution in [1.29, 1.82) is 0 Å². The number of thioether (sulfide) groups is 1. The standard InChI is InChI=1S/C12H18N2O4S2/c1-3-13-11-5-4-10(8-12(11)14(15)16)9-19-6-7-20(2,17)18/h4-5,8,13H,3,6-7,9H2,1-2H3. The molecule has 0 saturated carbocycles. The van der Waals surface area contributed by atoms with Crippen LogP contribution >= 0.6 is 11.8 Å². The fourth-order valence-corrected chi connectivity index (χ4v) is 3.80. The number of nitrogens with one attached hydrogen (secondary N) is 1. The molecule has 0 aliphatic heterocycles. The van der Waals surface area contributed by atoms with Crippen molar-refractivity contribution in [3.05, 3.63) is 33.9 Å². The van der Waals surface area contributed by atoms with E-state index in [1.165, 1.54) is 24.1 Å². The Morgan fingerprint density at radius 1 is 1.40 bits per heavy atom. The Labute approximate surface area is 123 Å². The Bertz CT molecular complexity index is 573. The van der Waals surface area contributed by atoms with Gasteiger partial charge >= 0.3 is 0 Å². The first kappa shape index (κ1) is 16.8. The molecule has 0 atom stereocenters. The topological polar surface area (TPSA) is 89.3 Å². The van der Waals surface area contributed by atoms with Gasteiger partial charge in [0, 0.05) is 30.4 Å². The molecule has 112 valence electrons. The van der Waals surface area contributed by atoms with Gasteiger partial charge in [0.25, 0.3) is 5.69 Å². The number of nitro groups is 1. The van der Waals surface area contributed by atoms with E-state index < -0.39 is 14.8 Å². The number of anilines is 1. The van der Waals surface area contributed by atoms with Gasteiger partial charge in [-0.15, -0.1) is 0 Å². The molecule has 20 heavy (non-hydrogen) atoms. The maximum absolute atomic E-state index is 11.0. The van der Waals surface area contributed by atoms with Crippen molar-refractivity contribution in [2.75, 3.05) is 29.6 Å². The average molecular weight is 318 g/mol. The molecule has 0 amide bonds. The summed E-state index contributed by atoms with van der Waals surface area (Å²) in [4.78, 5) is 10.6. The molecule has 0 aliphatic carbocycles. The largest absolute Gasteiger partial charge is 0.380 e. The molecule has 0 spiro atoms. The van der Waals surface area contributed by atoms with Crippen molar-refractivity contribution in [2.45, 2.75) is 12.7 Å². The number of hydrogen-bond donors (Lipinski definition) is 1. The third-order valence-corrected chi connectivity index (χ3v) is 4.73. The molecule has 0 aromatic heterocycles. The minimum atomic E-state index is -2.95. The van der Waals surface area contributed by atoms with Crippen molar-refractivity contribution < 1.29 is 13.3 Å². The summed E-state index contributed by atoms with van der Waals surface area (Å²) in [6.07, 6.45) is 1.20. The van der Waals surface area contributed by atoms with Crippen molar-refractivity contribution >= 4 is 33.0 Å². The van der Waals surface area contributed by atoms with Crippen molar-refractivity contribution in [3.8, 4) is 0 Å². The van der Waals surface area contributed by atoms with E-state index in [2.05, 4.69) is 5.32 Å².